The van der Waals surface area contributed by atoms with Crippen molar-refractivity contribution >= 4 is 57.6 Å². The van der Waals surface area contributed by atoms with Gasteiger partial charge in [-0.3, -0.25) is 14.9 Å². The Morgan fingerprint density at radius 2 is 1.70 bits per heavy atom. The second kappa shape index (κ2) is 8.01. The van der Waals surface area contributed by atoms with Gasteiger partial charge in [0, 0.05) is 15.8 Å². The van der Waals surface area contributed by atoms with E-state index < -0.39 is 29.1 Å². The fourth-order valence-electron chi connectivity index (χ4n) is 2.75. The predicted octanol–water partition coefficient (Wildman–Crippen LogP) is 5.04. The van der Waals surface area contributed by atoms with Gasteiger partial charge in [-0.1, -0.05) is 62.2 Å². The summed E-state index contributed by atoms with van der Waals surface area (Å²) in [4.78, 5) is 37.6. The molecule has 3 N–H and O–H groups in total. The van der Waals surface area contributed by atoms with E-state index in [4.69, 9.17) is 23.2 Å². The van der Waals surface area contributed by atoms with Crippen LogP contribution in [-0.4, -0.2) is 27.5 Å². The van der Waals surface area contributed by atoms with E-state index in [0.29, 0.717) is 15.9 Å². The summed E-state index contributed by atoms with van der Waals surface area (Å²) in [5.41, 5.74) is -0.340. The highest BCUT2D eigenvalue weighted by molar-refractivity contribution is 6.37. The molecule has 0 radical (unpaired) electrons. The average molecular weight is 448 g/mol. The van der Waals surface area contributed by atoms with E-state index in [1.54, 1.807) is 45.0 Å². The van der Waals surface area contributed by atoms with Gasteiger partial charge in [0.1, 0.15) is 5.69 Å². The number of benzene rings is 2. The number of anilines is 1. The molecule has 1 heterocycles. The van der Waals surface area contributed by atoms with Crippen molar-refractivity contribution in [2.45, 2.75) is 20.8 Å². The van der Waals surface area contributed by atoms with Crippen molar-refractivity contribution in [3.05, 3.63) is 58.1 Å². The maximum absolute atomic E-state index is 12.7. The van der Waals surface area contributed by atoms with Crippen LogP contribution in [0.15, 0.2) is 42.5 Å². The monoisotopic (exact) mass is 447 g/mol. The zero-order chi connectivity index (χ0) is 22.2. The lowest BCUT2D eigenvalue weighted by Crippen LogP contribution is -2.40. The summed E-state index contributed by atoms with van der Waals surface area (Å²) in [6.07, 6.45) is 0. The van der Waals surface area contributed by atoms with Gasteiger partial charge in [0.25, 0.3) is 5.91 Å². The van der Waals surface area contributed by atoms with Crippen molar-refractivity contribution in [2.75, 3.05) is 5.32 Å². The number of imide groups is 1. The van der Waals surface area contributed by atoms with Crippen LogP contribution in [0, 0.1) is 5.41 Å². The molecular formula is C21H19Cl2N3O4. The number of hydrogen-bond donors (Lipinski definition) is 3. The number of rotatable bonds is 2. The Kier molecular flexibility index (Phi) is 5.78. The van der Waals surface area contributed by atoms with Gasteiger partial charge in [-0.15, -0.1) is 0 Å². The molecule has 3 aromatic rings. The highest BCUT2D eigenvalue weighted by Crippen LogP contribution is 2.37. The number of hydrogen-bond acceptors (Lipinski definition) is 4. The molecule has 3 rings (SSSR count). The molecule has 30 heavy (non-hydrogen) atoms. The first kappa shape index (κ1) is 21.7. The van der Waals surface area contributed by atoms with Crippen LogP contribution >= 0.6 is 23.2 Å². The number of halogens is 2. The van der Waals surface area contributed by atoms with Gasteiger partial charge in [0.05, 0.1) is 16.1 Å². The number of nitrogens with one attached hydrogen (secondary N) is 2. The lowest BCUT2D eigenvalue weighted by atomic mass is 9.96. The zero-order valence-electron chi connectivity index (χ0n) is 16.4. The zero-order valence-corrected chi connectivity index (χ0v) is 17.9. The standard InChI is InChI=1S/C21H19Cl2N3O4/c1-21(2,3)19(29)25-20(30)26-15-7-5-4-6-13(15)16(18(26)28)24-17(27)12-9-8-11(22)10-14(12)23/h4-10,28H,1-3H3,(H,24,27)(H,25,29,30). The second-order valence-electron chi connectivity index (χ2n) is 7.64. The summed E-state index contributed by atoms with van der Waals surface area (Å²) in [5.74, 6) is -1.63. The van der Waals surface area contributed by atoms with E-state index in [2.05, 4.69) is 10.6 Å². The molecule has 1 aromatic heterocycles. The Labute approximate surface area is 182 Å². The predicted molar refractivity (Wildman–Crippen MR) is 116 cm³/mol. The van der Waals surface area contributed by atoms with E-state index in [0.717, 1.165) is 4.57 Å². The molecule has 0 aliphatic carbocycles. The molecular weight excluding hydrogens is 429 g/mol. The second-order valence-corrected chi connectivity index (χ2v) is 8.48. The maximum Gasteiger partial charge on any atom is 0.335 e. The molecule has 0 fully saturated rings. The number of para-hydroxylation sites is 1. The molecule has 3 amide bonds. The highest BCUT2D eigenvalue weighted by Gasteiger charge is 2.28. The summed E-state index contributed by atoms with van der Waals surface area (Å²) >= 11 is 12.0. The molecule has 0 aliphatic rings. The van der Waals surface area contributed by atoms with Crippen LogP contribution in [0.5, 0.6) is 5.88 Å². The topological polar surface area (TPSA) is 100 Å². The van der Waals surface area contributed by atoms with Gasteiger partial charge >= 0.3 is 6.03 Å². The lowest BCUT2D eigenvalue weighted by molar-refractivity contribution is -0.127. The van der Waals surface area contributed by atoms with Gasteiger partial charge in [0.2, 0.25) is 11.8 Å². The van der Waals surface area contributed by atoms with Crippen LogP contribution in [0.4, 0.5) is 10.5 Å². The lowest BCUT2D eigenvalue weighted by Gasteiger charge is -2.17. The van der Waals surface area contributed by atoms with E-state index >= 15 is 0 Å². The number of amides is 3. The van der Waals surface area contributed by atoms with Crippen molar-refractivity contribution in [1.29, 1.82) is 0 Å². The van der Waals surface area contributed by atoms with Crippen LogP contribution in [-0.2, 0) is 4.79 Å². The van der Waals surface area contributed by atoms with Crippen LogP contribution in [0.25, 0.3) is 10.9 Å². The normalized spacial score (nSPS) is 11.4. The van der Waals surface area contributed by atoms with Crippen molar-refractivity contribution in [1.82, 2.24) is 9.88 Å². The molecule has 2 aromatic carbocycles. The summed E-state index contributed by atoms with van der Waals surface area (Å²) in [7, 11) is 0. The number of aromatic hydroxyl groups is 1. The highest BCUT2D eigenvalue weighted by atomic mass is 35.5. The van der Waals surface area contributed by atoms with Crippen molar-refractivity contribution in [2.24, 2.45) is 5.41 Å². The van der Waals surface area contributed by atoms with Gasteiger partial charge in [-0.05, 0) is 24.3 Å². The molecule has 0 spiro atoms. The summed E-state index contributed by atoms with van der Waals surface area (Å²) < 4.78 is 0.929. The van der Waals surface area contributed by atoms with Crippen LogP contribution < -0.4 is 10.6 Å². The third-order valence-corrected chi connectivity index (χ3v) is 4.92. The fraction of sp³-hybridized carbons (Fsp3) is 0.190. The Balaban J connectivity index is 2.02. The van der Waals surface area contributed by atoms with Crippen molar-refractivity contribution < 1.29 is 19.5 Å². The van der Waals surface area contributed by atoms with Crippen molar-refractivity contribution in [3.63, 3.8) is 0 Å². The molecule has 0 bridgehead atoms. The average Bonchev–Trinajstić information content (AvgIpc) is 2.92. The van der Waals surface area contributed by atoms with Crippen LogP contribution in [0.2, 0.25) is 10.0 Å². The SMILES string of the molecule is CC(C)(C)C(=O)NC(=O)n1c(O)c(NC(=O)c2ccc(Cl)cc2Cl)c2ccccc21. The number of aromatic nitrogens is 1. The fourth-order valence-corrected chi connectivity index (χ4v) is 3.24. The summed E-state index contributed by atoms with van der Waals surface area (Å²) in [5, 5.41) is 16.5. The Bertz CT molecular complexity index is 1180. The first-order valence-electron chi connectivity index (χ1n) is 8.95. The Morgan fingerprint density at radius 1 is 1.03 bits per heavy atom. The van der Waals surface area contributed by atoms with Gasteiger partial charge in [-0.2, -0.15) is 0 Å². The van der Waals surface area contributed by atoms with Gasteiger partial charge < -0.3 is 10.4 Å². The Hall–Kier alpha value is -3.03. The summed E-state index contributed by atoms with van der Waals surface area (Å²) in [6.45, 7) is 4.97. The first-order chi connectivity index (χ1) is 14.0. The number of carbonyl (C=O) groups excluding carboxylic acids is 3. The molecule has 0 saturated heterocycles. The van der Waals surface area contributed by atoms with Crippen LogP contribution in [0.3, 0.4) is 0 Å². The van der Waals surface area contributed by atoms with E-state index in [1.807, 2.05) is 0 Å². The van der Waals surface area contributed by atoms with Crippen LogP contribution in [0.1, 0.15) is 31.1 Å². The van der Waals surface area contributed by atoms with Gasteiger partial charge in [0.15, 0.2) is 0 Å². The third-order valence-electron chi connectivity index (χ3n) is 4.37. The third kappa shape index (κ3) is 4.13. The van der Waals surface area contributed by atoms with Crippen molar-refractivity contribution in [3.8, 4) is 5.88 Å². The molecule has 0 atom stereocenters. The number of fused-ring (bicyclic) bond motifs is 1. The minimum Gasteiger partial charge on any atom is -0.493 e. The quantitative estimate of drug-likeness (QED) is 0.512. The molecule has 156 valence electrons. The van der Waals surface area contributed by atoms with E-state index in [1.165, 1.54) is 18.2 Å². The Morgan fingerprint density at radius 3 is 2.33 bits per heavy atom. The molecule has 0 saturated carbocycles. The molecule has 0 unspecified atom stereocenters. The largest absolute Gasteiger partial charge is 0.493 e. The first-order valence-corrected chi connectivity index (χ1v) is 9.71. The minimum absolute atomic E-state index is 0.0139. The van der Waals surface area contributed by atoms with E-state index in [9.17, 15) is 19.5 Å². The summed E-state index contributed by atoms with van der Waals surface area (Å²) in [6, 6.07) is 10.1. The molecule has 9 heteroatoms. The maximum atomic E-state index is 12.7. The van der Waals surface area contributed by atoms with Gasteiger partial charge in [-0.25, -0.2) is 9.36 Å². The smallest absolute Gasteiger partial charge is 0.335 e. The molecule has 7 nitrogen and oxygen atoms in total. The molecule has 0 aliphatic heterocycles. The minimum atomic E-state index is -0.839. The number of nitrogens with zero attached hydrogens (tertiary/aromatic N) is 1. The van der Waals surface area contributed by atoms with E-state index in [-0.39, 0.29) is 16.3 Å². The number of carbonyl (C=O) groups is 3.